The Morgan fingerprint density at radius 3 is 1.55 bits per heavy atom. The van der Waals surface area contributed by atoms with E-state index < -0.39 is 54.0 Å². The van der Waals surface area contributed by atoms with Gasteiger partial charge in [0, 0.05) is 48.7 Å². The van der Waals surface area contributed by atoms with Crippen LogP contribution < -0.4 is 40.7 Å². The summed E-state index contributed by atoms with van der Waals surface area (Å²) < 4.78 is 101. The summed E-state index contributed by atoms with van der Waals surface area (Å²) in [6.45, 7) is 3.59. The summed E-state index contributed by atoms with van der Waals surface area (Å²) in [4.78, 5) is 71.0. The van der Waals surface area contributed by atoms with E-state index in [1.54, 1.807) is 50.2 Å². The largest absolute Gasteiger partial charge is 0.480 e. The lowest BCUT2D eigenvalue weighted by atomic mass is 9.80. The number of aromatic nitrogens is 6. The number of hydrogen-bond donors (Lipinski definition) is 4. The molecule has 82 heavy (non-hydrogen) atoms. The smallest absolute Gasteiger partial charge is 0.263 e. The number of carbonyl (C=O) groups is 2. The van der Waals surface area contributed by atoms with Gasteiger partial charge in [-0.3, -0.25) is 37.8 Å². The van der Waals surface area contributed by atoms with Crippen LogP contribution >= 0.6 is 23.2 Å². The summed E-state index contributed by atoms with van der Waals surface area (Å²) in [5.41, 5.74) is 1.61. The maximum Gasteiger partial charge on any atom is 0.263 e. The number of methoxy groups -OCH3 is 1. The van der Waals surface area contributed by atoms with Crippen LogP contribution in [0.15, 0.2) is 129 Å². The molecule has 0 aliphatic heterocycles. The van der Waals surface area contributed by atoms with Crippen molar-refractivity contribution in [2.75, 3.05) is 23.2 Å². The SMILES string of the molecule is COc1ncc(-c2ccc3ncn(C[C@H](C)C(=O)NC4CC(COc5ncc(-c6ccc7ncn(C[C@@H](C)C(=O)NC8CCC8)c(=O)c7c6)cc5NS(=O)(=O)c5ccc(F)cc5Cl)C4)c(=O)c3c2)cc1NS(=O)(=O)c1ccc(F)cc1Cl. The minimum Gasteiger partial charge on any atom is -0.480 e. The van der Waals surface area contributed by atoms with Gasteiger partial charge < -0.3 is 20.1 Å². The summed E-state index contributed by atoms with van der Waals surface area (Å²) in [6, 6.07) is 18.4. The second-order valence-corrected chi connectivity index (χ2v) is 24.5. The number of carbonyl (C=O) groups excluding carboxylic acids is 2. The molecule has 0 spiro atoms. The van der Waals surface area contributed by atoms with Crippen LogP contribution in [0.4, 0.5) is 20.2 Å². The second-order valence-electron chi connectivity index (χ2n) is 20.4. The third-order valence-electron chi connectivity index (χ3n) is 14.4. The molecule has 4 N–H and O–H groups in total. The Hall–Kier alpha value is -8.06. The van der Waals surface area contributed by atoms with Gasteiger partial charge in [0.05, 0.1) is 70.1 Å². The number of benzene rings is 4. The van der Waals surface area contributed by atoms with Crippen molar-refractivity contribution >= 4 is 88.2 Å². The second kappa shape index (κ2) is 23.4. The zero-order valence-electron chi connectivity index (χ0n) is 44.0. The molecule has 2 saturated carbocycles. The number of fused-ring (bicyclic) bond motifs is 2. The Balaban J connectivity index is 0.798. The zero-order chi connectivity index (χ0) is 58.2. The van der Waals surface area contributed by atoms with E-state index in [4.69, 9.17) is 32.7 Å². The molecule has 426 valence electrons. The Morgan fingerprint density at radius 2 is 1.10 bits per heavy atom. The number of anilines is 2. The van der Waals surface area contributed by atoms with E-state index in [2.05, 4.69) is 40.0 Å². The van der Waals surface area contributed by atoms with E-state index >= 15 is 0 Å². The summed E-state index contributed by atoms with van der Waals surface area (Å²) in [7, 11) is -7.49. The normalized spacial score (nSPS) is 16.1. The van der Waals surface area contributed by atoms with Crippen LogP contribution in [0.1, 0.15) is 46.0 Å². The number of rotatable bonds is 20. The zero-order valence-corrected chi connectivity index (χ0v) is 47.2. The fraction of sp³-hybridized carbons (Fsp3) is 0.286. The van der Waals surface area contributed by atoms with Gasteiger partial charge in [-0.15, -0.1) is 0 Å². The molecule has 0 saturated heterocycles. The van der Waals surface area contributed by atoms with Crippen molar-refractivity contribution < 1.29 is 44.7 Å². The molecular formula is C56H52Cl2F2N10O10S2. The molecule has 4 heterocycles. The predicted octanol–water partition coefficient (Wildman–Crippen LogP) is 8.34. The van der Waals surface area contributed by atoms with Crippen molar-refractivity contribution in [3.8, 4) is 34.0 Å². The van der Waals surface area contributed by atoms with E-state index in [9.17, 15) is 44.8 Å². The van der Waals surface area contributed by atoms with Crippen LogP contribution in [-0.4, -0.2) is 83.5 Å². The number of nitrogens with one attached hydrogen (secondary N) is 4. The van der Waals surface area contributed by atoms with Gasteiger partial charge in [0.1, 0.15) is 32.8 Å². The number of amides is 2. The first kappa shape index (κ1) is 57.2. The Kier molecular flexibility index (Phi) is 16.3. The molecule has 2 atom stereocenters. The number of halogens is 4. The summed E-state index contributed by atoms with van der Waals surface area (Å²) >= 11 is 12.3. The standard InChI is InChI=1S/C56H52Cl2F2N10O10S2/c1-30(51(71)65-39-5-4-6-39)25-69-28-63-46-12-8-34(18-42(46)55(69)73)36-20-48(68-82(77,78)50-14-10-38(60)22-44(50)58)54(62-24-36)80-27-32-15-40(16-32)66-52(72)31(2)26-70-29-64-45-11-7-33(17-41(45)56(70)74)35-19-47(53(79-3)61-23-35)67-81(75,76)49-13-9-37(59)21-43(49)57/h7-14,17-24,28-32,39-40,67-68H,4-6,15-16,25-27H2,1-3H3,(H,65,71)(H,66,72)/t30-,31+,32?,40?/m1/s1. The first-order valence-electron chi connectivity index (χ1n) is 25.9. The van der Waals surface area contributed by atoms with Crippen LogP contribution in [0.3, 0.4) is 0 Å². The first-order chi connectivity index (χ1) is 39.1. The fourth-order valence-electron chi connectivity index (χ4n) is 9.55. The van der Waals surface area contributed by atoms with E-state index in [0.717, 1.165) is 55.7 Å². The average molecular weight is 1200 g/mol. The van der Waals surface area contributed by atoms with Gasteiger partial charge >= 0.3 is 0 Å². The third-order valence-corrected chi connectivity index (χ3v) is 18.1. The quantitative estimate of drug-likeness (QED) is 0.0559. The monoisotopic (exact) mass is 1200 g/mol. The van der Waals surface area contributed by atoms with Crippen LogP contribution in [0.5, 0.6) is 11.8 Å². The summed E-state index contributed by atoms with van der Waals surface area (Å²) in [5.74, 6) is -3.34. The third kappa shape index (κ3) is 12.4. The van der Waals surface area contributed by atoms with Crippen LogP contribution in [-0.2, 0) is 42.7 Å². The Bertz CT molecular complexity index is 4200. The molecule has 4 aromatic carbocycles. The van der Waals surface area contributed by atoms with Gasteiger partial charge in [-0.1, -0.05) is 49.2 Å². The van der Waals surface area contributed by atoms with Crippen molar-refractivity contribution in [2.24, 2.45) is 17.8 Å². The molecule has 2 amide bonds. The van der Waals surface area contributed by atoms with Crippen molar-refractivity contribution in [3.05, 3.63) is 152 Å². The molecule has 4 aromatic heterocycles. The lowest BCUT2D eigenvalue weighted by molar-refractivity contribution is -0.127. The average Bonchev–Trinajstić information content (AvgIpc) is 3.51. The van der Waals surface area contributed by atoms with Gasteiger partial charge in [0.2, 0.25) is 23.6 Å². The molecule has 2 fully saturated rings. The molecule has 0 radical (unpaired) electrons. The molecule has 0 unspecified atom stereocenters. The summed E-state index contributed by atoms with van der Waals surface area (Å²) in [5, 5.41) is 5.83. The van der Waals surface area contributed by atoms with Crippen molar-refractivity contribution in [2.45, 2.75) is 80.9 Å². The number of pyridine rings is 2. The molecule has 8 aromatic rings. The molecular weight excluding hydrogens is 1150 g/mol. The highest BCUT2D eigenvalue weighted by Gasteiger charge is 2.33. The maximum atomic E-state index is 14.0. The van der Waals surface area contributed by atoms with Gasteiger partial charge in [0.25, 0.3) is 31.2 Å². The lowest BCUT2D eigenvalue weighted by Gasteiger charge is -2.36. The number of ether oxygens (including phenoxy) is 2. The Labute approximate surface area is 478 Å². The topological polar surface area (TPSA) is 265 Å². The minimum absolute atomic E-state index is 0.0175. The lowest BCUT2D eigenvalue weighted by Crippen LogP contribution is -2.48. The van der Waals surface area contributed by atoms with E-state index in [0.29, 0.717) is 46.1 Å². The Morgan fingerprint density at radius 1 is 0.634 bits per heavy atom. The number of sulfonamides is 2. The van der Waals surface area contributed by atoms with Gasteiger partial charge in [-0.05, 0) is 122 Å². The molecule has 10 rings (SSSR count). The maximum absolute atomic E-state index is 14.0. The highest BCUT2D eigenvalue weighted by molar-refractivity contribution is 7.93. The van der Waals surface area contributed by atoms with Crippen LogP contribution in [0.25, 0.3) is 44.1 Å². The van der Waals surface area contributed by atoms with Crippen molar-refractivity contribution in [1.82, 2.24) is 39.7 Å². The molecule has 20 nitrogen and oxygen atoms in total. The highest BCUT2D eigenvalue weighted by Crippen LogP contribution is 2.36. The molecule has 2 aliphatic carbocycles. The van der Waals surface area contributed by atoms with E-state index in [1.165, 1.54) is 53.4 Å². The number of hydrogen-bond acceptors (Lipinski definition) is 14. The molecule has 2 aliphatic rings. The summed E-state index contributed by atoms with van der Waals surface area (Å²) in [6.07, 6.45) is 9.57. The van der Waals surface area contributed by atoms with Gasteiger partial charge in [-0.2, -0.15) is 0 Å². The molecule has 0 bridgehead atoms. The van der Waals surface area contributed by atoms with Crippen LogP contribution in [0, 0.1) is 29.4 Å². The van der Waals surface area contributed by atoms with Crippen molar-refractivity contribution in [3.63, 3.8) is 0 Å². The van der Waals surface area contributed by atoms with E-state index in [1.807, 2.05) is 0 Å². The van der Waals surface area contributed by atoms with Gasteiger partial charge in [-0.25, -0.2) is 45.6 Å². The molecule has 26 heteroatoms. The van der Waals surface area contributed by atoms with Crippen molar-refractivity contribution in [1.29, 1.82) is 0 Å². The minimum atomic E-state index is -4.46. The number of nitrogens with zero attached hydrogens (tertiary/aromatic N) is 6. The predicted molar refractivity (Wildman–Crippen MR) is 304 cm³/mol. The van der Waals surface area contributed by atoms with Gasteiger partial charge in [0.15, 0.2) is 0 Å². The first-order valence-corrected chi connectivity index (χ1v) is 29.6. The highest BCUT2D eigenvalue weighted by atomic mass is 35.5. The van der Waals surface area contributed by atoms with Crippen LogP contribution in [0.2, 0.25) is 10.0 Å². The fourth-order valence-corrected chi connectivity index (χ4v) is 12.7. The van der Waals surface area contributed by atoms with E-state index in [-0.39, 0.29) is 104 Å².